The zero-order valence-electron chi connectivity index (χ0n) is 33.4. The highest BCUT2D eigenvalue weighted by molar-refractivity contribution is 5.82. The summed E-state index contributed by atoms with van der Waals surface area (Å²) in [5.74, 6) is -3.33. The molecule has 0 aromatic heterocycles. The number of carbonyl (C=O) groups excluding carboxylic acids is 5. The SMILES string of the molecule is C=C(C)[C@@H](Cc1ccccc1)[C@H](C)OC(=O)[C@H](C)CC(=O)OC(C)(C)C.CC(=O)[C@@H](Cc1ccccc1)[C@H](C)OC(=O)[C@H](C)CC(=O)OC(C)(C)C. The van der Waals surface area contributed by atoms with Gasteiger partial charge in [-0.1, -0.05) is 86.7 Å². The Bertz CT molecular complexity index is 1340. The van der Waals surface area contributed by atoms with E-state index < -0.39 is 53.0 Å². The first kappa shape index (κ1) is 45.8. The minimum absolute atomic E-state index is 0.0131. The molecule has 6 atom stereocenters. The van der Waals surface area contributed by atoms with Crippen molar-refractivity contribution in [3.8, 4) is 0 Å². The molecule has 2 aromatic carbocycles. The quantitative estimate of drug-likeness (QED) is 0.0954. The molecule has 0 amide bonds. The highest BCUT2D eigenvalue weighted by atomic mass is 16.6. The van der Waals surface area contributed by atoms with E-state index in [-0.39, 0.29) is 36.6 Å². The molecule has 0 radical (unpaired) electrons. The van der Waals surface area contributed by atoms with Crippen LogP contribution in [0.4, 0.5) is 0 Å². The fourth-order valence-corrected chi connectivity index (χ4v) is 5.31. The number of esters is 4. The Morgan fingerprint density at radius 1 is 0.577 bits per heavy atom. The predicted octanol–water partition coefficient (Wildman–Crippen LogP) is 8.45. The van der Waals surface area contributed by atoms with E-state index in [1.54, 1.807) is 62.3 Å². The lowest BCUT2D eigenvalue weighted by Gasteiger charge is -2.26. The smallest absolute Gasteiger partial charge is 0.309 e. The summed E-state index contributed by atoms with van der Waals surface area (Å²) in [5.41, 5.74) is 1.99. The van der Waals surface area contributed by atoms with Crippen LogP contribution >= 0.6 is 0 Å². The Labute approximate surface area is 311 Å². The fourth-order valence-electron chi connectivity index (χ4n) is 5.31. The molecule has 2 aromatic rings. The van der Waals surface area contributed by atoms with Gasteiger partial charge in [-0.2, -0.15) is 0 Å². The van der Waals surface area contributed by atoms with Crippen molar-refractivity contribution >= 4 is 29.7 Å². The van der Waals surface area contributed by atoms with Gasteiger partial charge >= 0.3 is 23.9 Å². The van der Waals surface area contributed by atoms with E-state index >= 15 is 0 Å². The lowest BCUT2D eigenvalue weighted by molar-refractivity contribution is -0.164. The predicted molar refractivity (Wildman–Crippen MR) is 203 cm³/mol. The van der Waals surface area contributed by atoms with Gasteiger partial charge in [0.05, 0.1) is 30.6 Å². The van der Waals surface area contributed by atoms with Gasteiger partial charge in [-0.25, -0.2) is 0 Å². The van der Waals surface area contributed by atoms with Crippen LogP contribution in [0.2, 0.25) is 0 Å². The van der Waals surface area contributed by atoms with Gasteiger partial charge in [0.15, 0.2) is 0 Å². The number of carbonyl (C=O) groups is 5. The van der Waals surface area contributed by atoms with Crippen molar-refractivity contribution in [2.24, 2.45) is 23.7 Å². The van der Waals surface area contributed by atoms with E-state index in [9.17, 15) is 24.0 Å². The van der Waals surface area contributed by atoms with E-state index in [4.69, 9.17) is 18.9 Å². The van der Waals surface area contributed by atoms with Crippen molar-refractivity contribution in [3.05, 3.63) is 83.9 Å². The van der Waals surface area contributed by atoms with Crippen molar-refractivity contribution in [2.75, 3.05) is 0 Å². The lowest BCUT2D eigenvalue weighted by Crippen LogP contribution is -2.33. The molecule has 0 heterocycles. The van der Waals surface area contributed by atoms with Crippen LogP contribution in [0, 0.1) is 23.7 Å². The summed E-state index contributed by atoms with van der Waals surface area (Å²) in [6.07, 6.45) is 0.337. The van der Waals surface area contributed by atoms with E-state index in [1.807, 2.05) is 62.4 Å². The van der Waals surface area contributed by atoms with Crippen LogP contribution in [-0.4, -0.2) is 53.1 Å². The molecule has 288 valence electrons. The van der Waals surface area contributed by atoms with Crippen molar-refractivity contribution in [3.63, 3.8) is 0 Å². The molecular weight excluding hydrogens is 660 g/mol. The average Bonchev–Trinajstić information content (AvgIpc) is 3.01. The van der Waals surface area contributed by atoms with E-state index in [2.05, 4.69) is 18.7 Å². The van der Waals surface area contributed by atoms with Gasteiger partial charge in [0.25, 0.3) is 0 Å². The molecule has 0 spiro atoms. The van der Waals surface area contributed by atoms with E-state index in [0.717, 1.165) is 17.6 Å². The molecule has 0 aliphatic rings. The molecule has 52 heavy (non-hydrogen) atoms. The van der Waals surface area contributed by atoms with Crippen LogP contribution in [0.3, 0.4) is 0 Å². The Hall–Kier alpha value is -4.27. The summed E-state index contributed by atoms with van der Waals surface area (Å²) in [6.45, 7) is 25.1. The lowest BCUT2D eigenvalue weighted by atomic mass is 9.89. The molecule has 2 rings (SSSR count). The van der Waals surface area contributed by atoms with Crippen LogP contribution < -0.4 is 0 Å². The summed E-state index contributed by atoms with van der Waals surface area (Å²) in [4.78, 5) is 60.4. The highest BCUT2D eigenvalue weighted by Crippen LogP contribution is 2.24. The second-order valence-electron chi connectivity index (χ2n) is 15.7. The normalized spacial score (nSPS) is 14.8. The number of benzene rings is 2. The Morgan fingerprint density at radius 3 is 1.21 bits per heavy atom. The standard InChI is InChI=1S/C22H32O4.C21H30O5/c1-15(2)19(14-18-11-9-8-10-12-18)17(4)25-21(24)16(3)13-20(23)26-22(5,6)7;1-14(12-19(23)26-21(4,5)6)20(24)25-16(3)18(15(2)22)13-17-10-8-7-9-11-17/h8-12,16-17,19H,1,13-14H2,2-7H3;7-11,14,16,18H,12-13H2,1-6H3/t16-,17+,19-;14-,16+,18-/m11/s1. The van der Waals surface area contributed by atoms with E-state index in [0.29, 0.717) is 6.42 Å². The third-order valence-electron chi connectivity index (χ3n) is 8.08. The van der Waals surface area contributed by atoms with E-state index in [1.165, 1.54) is 12.5 Å². The third kappa shape index (κ3) is 18.8. The second-order valence-corrected chi connectivity index (χ2v) is 15.7. The summed E-state index contributed by atoms with van der Waals surface area (Å²) in [7, 11) is 0. The Kier molecular flexibility index (Phi) is 18.7. The van der Waals surface area contributed by atoms with Gasteiger partial charge in [0.2, 0.25) is 0 Å². The molecule has 0 N–H and O–H groups in total. The fraction of sp³-hybridized carbons (Fsp3) is 0.558. The maximum atomic E-state index is 12.4. The topological polar surface area (TPSA) is 122 Å². The molecule has 9 nitrogen and oxygen atoms in total. The number of rotatable bonds is 16. The number of hydrogen-bond acceptors (Lipinski definition) is 9. The summed E-state index contributed by atoms with van der Waals surface area (Å²) in [5, 5.41) is 0. The molecule has 0 bridgehead atoms. The zero-order valence-corrected chi connectivity index (χ0v) is 33.4. The van der Waals surface area contributed by atoms with Gasteiger partial charge in [-0.15, -0.1) is 0 Å². The van der Waals surface area contributed by atoms with Gasteiger partial charge in [0.1, 0.15) is 29.2 Å². The molecule has 0 aliphatic heterocycles. The van der Waals surface area contributed by atoms with Gasteiger partial charge in [-0.05, 0) is 93.2 Å². The van der Waals surface area contributed by atoms with Crippen LogP contribution in [0.25, 0.3) is 0 Å². The minimum atomic E-state index is -0.628. The number of ketones is 1. The first-order chi connectivity index (χ1) is 24.0. The zero-order chi connectivity index (χ0) is 39.8. The number of hydrogen-bond donors (Lipinski definition) is 0. The van der Waals surface area contributed by atoms with Crippen LogP contribution in [0.5, 0.6) is 0 Å². The minimum Gasteiger partial charge on any atom is -0.462 e. The molecule has 9 heteroatoms. The summed E-state index contributed by atoms with van der Waals surface area (Å²) >= 11 is 0. The van der Waals surface area contributed by atoms with Gasteiger partial charge in [-0.3, -0.25) is 24.0 Å². The van der Waals surface area contributed by atoms with Gasteiger partial charge in [0, 0.05) is 5.92 Å². The monoisotopic (exact) mass is 722 g/mol. The molecular formula is C43H62O9. The average molecular weight is 723 g/mol. The Morgan fingerprint density at radius 2 is 0.904 bits per heavy atom. The molecule has 0 saturated heterocycles. The third-order valence-corrected chi connectivity index (χ3v) is 8.08. The highest BCUT2D eigenvalue weighted by Gasteiger charge is 2.30. The van der Waals surface area contributed by atoms with Crippen LogP contribution in [0.1, 0.15) is 107 Å². The van der Waals surface area contributed by atoms with Crippen molar-refractivity contribution in [1.82, 2.24) is 0 Å². The first-order valence-corrected chi connectivity index (χ1v) is 18.1. The molecule has 0 saturated carbocycles. The first-order valence-electron chi connectivity index (χ1n) is 18.1. The van der Waals surface area contributed by atoms with Crippen molar-refractivity contribution in [2.45, 2.75) is 132 Å². The van der Waals surface area contributed by atoms with Crippen LogP contribution in [0.15, 0.2) is 72.8 Å². The van der Waals surface area contributed by atoms with Crippen molar-refractivity contribution in [1.29, 1.82) is 0 Å². The second kappa shape index (κ2) is 21.3. The molecule has 0 fully saturated rings. The van der Waals surface area contributed by atoms with Crippen molar-refractivity contribution < 1.29 is 42.9 Å². The maximum Gasteiger partial charge on any atom is 0.309 e. The van der Waals surface area contributed by atoms with Gasteiger partial charge < -0.3 is 18.9 Å². The largest absolute Gasteiger partial charge is 0.462 e. The summed E-state index contributed by atoms with van der Waals surface area (Å²) in [6, 6.07) is 19.7. The van der Waals surface area contributed by atoms with Crippen LogP contribution in [-0.2, 0) is 55.8 Å². The number of Topliss-reactive ketones (excluding diaryl/α,β-unsaturated/α-hetero) is 1. The molecule has 0 unspecified atom stereocenters. The maximum absolute atomic E-state index is 12.4. The molecule has 0 aliphatic carbocycles. The number of ether oxygens (including phenoxy) is 4. The Balaban J connectivity index is 0.000000520. The summed E-state index contributed by atoms with van der Waals surface area (Å²) < 4.78 is 21.6.